The third-order valence-corrected chi connectivity index (χ3v) is 7.06. The van der Waals surface area contributed by atoms with Gasteiger partial charge in [-0.2, -0.15) is 0 Å². The van der Waals surface area contributed by atoms with E-state index in [9.17, 15) is 13.2 Å². The van der Waals surface area contributed by atoms with Crippen LogP contribution in [0.1, 0.15) is 36.8 Å². The number of sulfonamides is 1. The van der Waals surface area contributed by atoms with E-state index < -0.39 is 16.0 Å². The number of nitrogens with one attached hydrogen (secondary N) is 1. The highest BCUT2D eigenvalue weighted by atomic mass is 32.2. The van der Waals surface area contributed by atoms with Crippen LogP contribution in [-0.2, 0) is 14.8 Å². The van der Waals surface area contributed by atoms with E-state index in [1.165, 1.54) is 7.11 Å². The van der Waals surface area contributed by atoms with Crippen LogP contribution in [0.25, 0.3) is 0 Å². The predicted molar refractivity (Wildman–Crippen MR) is 102 cm³/mol. The van der Waals surface area contributed by atoms with Crippen molar-refractivity contribution in [1.29, 1.82) is 0 Å². The van der Waals surface area contributed by atoms with Gasteiger partial charge in [0.15, 0.2) is 0 Å². The van der Waals surface area contributed by atoms with Crippen LogP contribution >= 0.6 is 0 Å². The Bertz CT molecular complexity index is 814. The van der Waals surface area contributed by atoms with Crippen LogP contribution in [0.4, 0.5) is 0 Å². The van der Waals surface area contributed by atoms with Gasteiger partial charge in [-0.1, -0.05) is 6.07 Å². The molecule has 0 aromatic heterocycles. The number of carboxylic acids is 1. The first-order valence-electron chi connectivity index (χ1n) is 9.33. The van der Waals surface area contributed by atoms with E-state index >= 15 is 0 Å². The number of aryl methyl sites for hydroxylation is 2. The zero-order valence-electron chi connectivity index (χ0n) is 16.1. The number of hydrogen-bond donors (Lipinski definition) is 2. The van der Waals surface area contributed by atoms with E-state index in [0.717, 1.165) is 24.9 Å². The minimum atomic E-state index is -3.70. The van der Waals surface area contributed by atoms with Crippen molar-refractivity contribution in [2.75, 3.05) is 20.2 Å². The second-order valence-corrected chi connectivity index (χ2v) is 9.47. The van der Waals surface area contributed by atoms with Crippen LogP contribution in [0, 0.1) is 19.8 Å². The normalized spacial score (nSPS) is 22.5. The van der Waals surface area contributed by atoms with Crippen LogP contribution in [0.2, 0.25) is 0 Å². The van der Waals surface area contributed by atoms with E-state index in [4.69, 9.17) is 9.84 Å². The molecule has 7 nitrogen and oxygen atoms in total. The third-order valence-electron chi connectivity index (χ3n) is 5.35. The number of methoxy groups -OCH3 is 1. The lowest BCUT2D eigenvalue weighted by atomic mass is 9.86. The van der Waals surface area contributed by atoms with Gasteiger partial charge in [0.05, 0.1) is 13.7 Å². The summed E-state index contributed by atoms with van der Waals surface area (Å²) in [7, 11) is -2.24. The third kappa shape index (κ3) is 4.80. The molecule has 0 bridgehead atoms. The number of hydrogen-bond acceptors (Lipinski definition) is 5. The van der Waals surface area contributed by atoms with Gasteiger partial charge in [0.25, 0.3) is 0 Å². The minimum Gasteiger partial charge on any atom is -0.495 e. The van der Waals surface area contributed by atoms with Crippen molar-refractivity contribution in [3.05, 3.63) is 23.3 Å². The molecule has 2 fully saturated rings. The number of aliphatic carboxylic acids is 1. The molecule has 2 N–H and O–H groups in total. The van der Waals surface area contributed by atoms with Crippen molar-refractivity contribution >= 4 is 16.0 Å². The number of rotatable bonds is 9. The molecule has 0 saturated heterocycles. The molecule has 0 heterocycles. The Hall–Kier alpha value is -1.64. The number of carbonyl (C=O) groups is 1. The highest BCUT2D eigenvalue weighted by Crippen LogP contribution is 2.35. The van der Waals surface area contributed by atoms with E-state index in [2.05, 4.69) is 4.72 Å². The van der Waals surface area contributed by atoms with E-state index in [0.29, 0.717) is 30.1 Å². The molecule has 150 valence electrons. The maximum absolute atomic E-state index is 12.9. The molecule has 0 amide bonds. The van der Waals surface area contributed by atoms with Gasteiger partial charge >= 0.3 is 5.97 Å². The summed E-state index contributed by atoms with van der Waals surface area (Å²) < 4.78 is 33.8. The second-order valence-electron chi connectivity index (χ2n) is 7.82. The summed E-state index contributed by atoms with van der Waals surface area (Å²) in [5.41, 5.74) is 1.59. The summed E-state index contributed by atoms with van der Waals surface area (Å²) in [6.45, 7) is 4.47. The fraction of sp³-hybridized carbons (Fsp3) is 0.632. The van der Waals surface area contributed by atoms with Crippen molar-refractivity contribution in [1.82, 2.24) is 9.62 Å². The van der Waals surface area contributed by atoms with Gasteiger partial charge in [0.1, 0.15) is 10.6 Å². The smallest absolute Gasteiger partial charge is 0.317 e. The molecule has 2 saturated carbocycles. The average molecular weight is 397 g/mol. The molecular weight excluding hydrogens is 368 g/mol. The van der Waals surface area contributed by atoms with Gasteiger partial charge in [-0.3, -0.25) is 9.69 Å². The van der Waals surface area contributed by atoms with Crippen molar-refractivity contribution in [2.24, 2.45) is 5.92 Å². The second kappa shape index (κ2) is 7.77. The van der Waals surface area contributed by atoms with E-state index in [1.807, 2.05) is 17.9 Å². The first kappa shape index (κ1) is 20.1. The maximum Gasteiger partial charge on any atom is 0.317 e. The summed E-state index contributed by atoms with van der Waals surface area (Å²) in [6, 6.07) is 3.48. The molecule has 27 heavy (non-hydrogen) atoms. The molecule has 2 aliphatic carbocycles. The molecule has 3 rings (SSSR count). The first-order valence-corrected chi connectivity index (χ1v) is 10.8. The average Bonchev–Trinajstić information content (AvgIpc) is 3.32. The highest BCUT2D eigenvalue weighted by molar-refractivity contribution is 7.89. The Morgan fingerprint density at radius 1 is 1.30 bits per heavy atom. The van der Waals surface area contributed by atoms with E-state index in [-0.39, 0.29) is 23.5 Å². The molecule has 0 unspecified atom stereocenters. The van der Waals surface area contributed by atoms with Gasteiger partial charge in [-0.25, -0.2) is 13.1 Å². The quantitative estimate of drug-likeness (QED) is 0.662. The lowest BCUT2D eigenvalue weighted by Gasteiger charge is -2.42. The molecule has 0 spiro atoms. The lowest BCUT2D eigenvalue weighted by molar-refractivity contribution is -0.139. The van der Waals surface area contributed by atoms with Crippen molar-refractivity contribution in [3.8, 4) is 5.75 Å². The topological polar surface area (TPSA) is 95.9 Å². The van der Waals surface area contributed by atoms with Gasteiger partial charge in [-0.05, 0) is 62.6 Å². The van der Waals surface area contributed by atoms with E-state index in [1.54, 1.807) is 13.0 Å². The maximum atomic E-state index is 12.9. The zero-order chi connectivity index (χ0) is 19.8. The van der Waals surface area contributed by atoms with Crippen molar-refractivity contribution < 1.29 is 23.1 Å². The summed E-state index contributed by atoms with van der Waals surface area (Å²) >= 11 is 0. The van der Waals surface area contributed by atoms with Gasteiger partial charge in [-0.15, -0.1) is 0 Å². The van der Waals surface area contributed by atoms with Gasteiger partial charge in [0.2, 0.25) is 10.0 Å². The first-order chi connectivity index (χ1) is 12.7. The fourth-order valence-electron chi connectivity index (χ4n) is 3.82. The summed E-state index contributed by atoms with van der Waals surface area (Å²) in [5, 5.41) is 9.13. The van der Waals surface area contributed by atoms with Crippen molar-refractivity contribution in [2.45, 2.75) is 56.5 Å². The Labute approximate surface area is 160 Å². The number of carboxylic acid groups (broad SMARTS) is 1. The Balaban J connectivity index is 1.65. The molecule has 0 atom stereocenters. The highest BCUT2D eigenvalue weighted by Gasteiger charge is 2.39. The summed E-state index contributed by atoms with van der Waals surface area (Å²) in [6.07, 6.45) is 3.58. The lowest BCUT2D eigenvalue weighted by Crippen LogP contribution is -2.55. The van der Waals surface area contributed by atoms with Crippen molar-refractivity contribution in [3.63, 3.8) is 0 Å². The zero-order valence-corrected chi connectivity index (χ0v) is 16.9. The molecule has 1 aromatic carbocycles. The van der Waals surface area contributed by atoms with Crippen LogP contribution in [0.15, 0.2) is 17.0 Å². The molecular formula is C19H28N2O5S. The molecule has 2 aliphatic rings. The van der Waals surface area contributed by atoms with Gasteiger partial charge in [0, 0.05) is 18.6 Å². The number of nitrogens with zero attached hydrogens (tertiary/aromatic N) is 1. The van der Waals surface area contributed by atoms with Crippen LogP contribution in [-0.4, -0.2) is 56.7 Å². The Kier molecular flexibility index (Phi) is 5.79. The number of ether oxygens (including phenoxy) is 1. The SMILES string of the molecule is COc1cc(C)cc(C)c1S(=O)(=O)NC1CC(N(CC(=O)O)CC2CC2)C1. The minimum absolute atomic E-state index is 0.0194. The molecule has 8 heteroatoms. The fourth-order valence-corrected chi connectivity index (χ4v) is 5.46. The molecule has 1 aromatic rings. The monoisotopic (exact) mass is 396 g/mol. The molecule has 0 aliphatic heterocycles. The summed E-state index contributed by atoms with van der Waals surface area (Å²) in [5.74, 6) is 0.108. The van der Waals surface area contributed by atoms with Crippen LogP contribution in [0.5, 0.6) is 5.75 Å². The standard InChI is InChI=1S/C19H28N2O5S/c1-12-6-13(2)19(17(7-12)26-3)27(24,25)20-15-8-16(9-15)21(11-18(22)23)10-14-4-5-14/h6-7,14-16,20H,4-5,8-11H2,1-3H3,(H,22,23). The largest absolute Gasteiger partial charge is 0.495 e. The summed E-state index contributed by atoms with van der Waals surface area (Å²) in [4.78, 5) is 13.3. The van der Waals surface area contributed by atoms with Crippen LogP contribution in [0.3, 0.4) is 0 Å². The molecule has 0 radical (unpaired) electrons. The Morgan fingerprint density at radius 3 is 2.52 bits per heavy atom. The number of benzene rings is 1. The Morgan fingerprint density at radius 2 is 1.96 bits per heavy atom. The van der Waals surface area contributed by atoms with Gasteiger partial charge < -0.3 is 9.84 Å². The van der Waals surface area contributed by atoms with Crippen LogP contribution < -0.4 is 9.46 Å². The predicted octanol–water partition coefficient (Wildman–Crippen LogP) is 1.92.